The SMILES string of the molecule is CC(CNC(=O)N(CCO)Cc1ccccc1)N1CCOCC1. The molecular weight excluding hydrogens is 294 g/mol. The lowest BCUT2D eigenvalue weighted by Gasteiger charge is -2.33. The van der Waals surface area contributed by atoms with Crippen LogP contribution in [0.3, 0.4) is 0 Å². The zero-order valence-electron chi connectivity index (χ0n) is 13.8. The highest BCUT2D eigenvalue weighted by atomic mass is 16.5. The maximum atomic E-state index is 12.4. The Morgan fingerprint density at radius 2 is 2.04 bits per heavy atom. The maximum Gasteiger partial charge on any atom is 0.317 e. The number of hydrogen-bond donors (Lipinski definition) is 2. The number of ether oxygens (including phenoxy) is 1. The molecule has 2 N–H and O–H groups in total. The first-order chi connectivity index (χ1) is 11.2. The molecule has 128 valence electrons. The molecule has 1 aliphatic rings. The van der Waals surface area contributed by atoms with Crippen molar-refractivity contribution in [1.82, 2.24) is 15.1 Å². The van der Waals surface area contributed by atoms with Crippen molar-refractivity contribution in [3.63, 3.8) is 0 Å². The Balaban J connectivity index is 1.82. The van der Waals surface area contributed by atoms with Gasteiger partial charge in [-0.05, 0) is 12.5 Å². The van der Waals surface area contributed by atoms with Gasteiger partial charge in [0.15, 0.2) is 0 Å². The van der Waals surface area contributed by atoms with Crippen molar-refractivity contribution in [1.29, 1.82) is 0 Å². The monoisotopic (exact) mass is 321 g/mol. The maximum absolute atomic E-state index is 12.4. The third kappa shape index (κ3) is 5.82. The number of carbonyl (C=O) groups is 1. The zero-order chi connectivity index (χ0) is 16.5. The molecule has 1 atom stereocenters. The van der Waals surface area contributed by atoms with Gasteiger partial charge in [-0.2, -0.15) is 0 Å². The molecule has 0 radical (unpaired) electrons. The first-order valence-electron chi connectivity index (χ1n) is 8.20. The van der Waals surface area contributed by atoms with E-state index >= 15 is 0 Å². The average Bonchev–Trinajstić information content (AvgIpc) is 2.60. The molecule has 1 saturated heterocycles. The molecule has 0 spiro atoms. The summed E-state index contributed by atoms with van der Waals surface area (Å²) in [6.07, 6.45) is 0. The van der Waals surface area contributed by atoms with Crippen LogP contribution in [0.2, 0.25) is 0 Å². The number of carbonyl (C=O) groups excluding carboxylic acids is 1. The van der Waals surface area contributed by atoms with Crippen molar-refractivity contribution in [2.75, 3.05) is 46.0 Å². The number of hydrogen-bond acceptors (Lipinski definition) is 4. The molecule has 6 nitrogen and oxygen atoms in total. The number of amides is 2. The smallest absolute Gasteiger partial charge is 0.317 e. The van der Waals surface area contributed by atoms with E-state index < -0.39 is 0 Å². The van der Waals surface area contributed by atoms with E-state index in [4.69, 9.17) is 4.74 Å². The van der Waals surface area contributed by atoms with Crippen molar-refractivity contribution in [3.05, 3.63) is 35.9 Å². The van der Waals surface area contributed by atoms with Gasteiger partial charge in [0.05, 0.1) is 19.8 Å². The van der Waals surface area contributed by atoms with E-state index in [1.54, 1.807) is 4.90 Å². The van der Waals surface area contributed by atoms with E-state index in [0.29, 0.717) is 19.6 Å². The van der Waals surface area contributed by atoms with Crippen LogP contribution in [-0.4, -0.2) is 73.0 Å². The highest BCUT2D eigenvalue weighted by Crippen LogP contribution is 2.06. The first-order valence-corrected chi connectivity index (χ1v) is 8.20. The topological polar surface area (TPSA) is 65.0 Å². The Labute approximate surface area is 138 Å². The Kier molecular flexibility index (Phi) is 7.32. The molecule has 0 aromatic heterocycles. The van der Waals surface area contributed by atoms with Crippen molar-refractivity contribution in [2.45, 2.75) is 19.5 Å². The van der Waals surface area contributed by atoms with Crippen LogP contribution in [0.15, 0.2) is 30.3 Å². The van der Waals surface area contributed by atoms with Crippen molar-refractivity contribution in [3.8, 4) is 0 Å². The van der Waals surface area contributed by atoms with E-state index in [9.17, 15) is 9.90 Å². The minimum Gasteiger partial charge on any atom is -0.395 e. The number of urea groups is 1. The second kappa shape index (κ2) is 9.50. The highest BCUT2D eigenvalue weighted by Gasteiger charge is 2.19. The summed E-state index contributed by atoms with van der Waals surface area (Å²) in [5.41, 5.74) is 1.05. The van der Waals surface area contributed by atoms with Gasteiger partial charge in [0.2, 0.25) is 0 Å². The average molecular weight is 321 g/mol. The molecular formula is C17H27N3O3. The summed E-state index contributed by atoms with van der Waals surface area (Å²) in [6, 6.07) is 9.94. The molecule has 0 bridgehead atoms. The van der Waals surface area contributed by atoms with Crippen LogP contribution in [0.1, 0.15) is 12.5 Å². The lowest BCUT2D eigenvalue weighted by molar-refractivity contribution is 0.0206. The number of morpholine rings is 1. The minimum absolute atomic E-state index is 0.0424. The van der Waals surface area contributed by atoms with E-state index in [2.05, 4.69) is 17.1 Å². The Bertz CT molecular complexity index is 463. The molecule has 23 heavy (non-hydrogen) atoms. The predicted molar refractivity (Wildman–Crippen MR) is 89.2 cm³/mol. The van der Waals surface area contributed by atoms with Gasteiger partial charge in [0.1, 0.15) is 0 Å². The van der Waals surface area contributed by atoms with Gasteiger partial charge >= 0.3 is 6.03 Å². The van der Waals surface area contributed by atoms with Crippen LogP contribution in [0.25, 0.3) is 0 Å². The van der Waals surface area contributed by atoms with E-state index in [-0.39, 0.29) is 18.7 Å². The quantitative estimate of drug-likeness (QED) is 0.783. The number of aliphatic hydroxyl groups excluding tert-OH is 1. The van der Waals surface area contributed by atoms with Gasteiger partial charge in [0, 0.05) is 38.8 Å². The highest BCUT2D eigenvalue weighted by molar-refractivity contribution is 5.74. The third-order valence-electron chi connectivity index (χ3n) is 4.09. The first kappa shape index (κ1) is 17.7. The summed E-state index contributed by atoms with van der Waals surface area (Å²) in [5, 5.41) is 12.2. The lowest BCUT2D eigenvalue weighted by Crippen LogP contribution is -2.49. The second-order valence-electron chi connectivity index (χ2n) is 5.81. The molecule has 0 aliphatic carbocycles. The van der Waals surface area contributed by atoms with Gasteiger partial charge in [0.25, 0.3) is 0 Å². The Hall–Kier alpha value is -1.63. The minimum atomic E-state index is -0.136. The molecule has 0 saturated carbocycles. The molecule has 1 heterocycles. The van der Waals surface area contributed by atoms with E-state index in [1.165, 1.54) is 0 Å². The van der Waals surface area contributed by atoms with Crippen molar-refractivity contribution >= 4 is 6.03 Å². The molecule has 2 amide bonds. The standard InChI is InChI=1S/C17H27N3O3/c1-15(19-8-11-23-12-9-19)13-18-17(22)20(7-10-21)14-16-5-3-2-4-6-16/h2-6,15,21H,7-14H2,1H3,(H,18,22). The summed E-state index contributed by atoms with van der Waals surface area (Å²) in [6.45, 7) is 6.80. The summed E-state index contributed by atoms with van der Waals surface area (Å²) in [5.74, 6) is 0. The number of nitrogens with zero attached hydrogens (tertiary/aromatic N) is 2. The van der Waals surface area contributed by atoms with E-state index in [1.807, 2.05) is 30.3 Å². The summed E-state index contributed by atoms with van der Waals surface area (Å²) in [4.78, 5) is 16.3. The molecule has 6 heteroatoms. The fourth-order valence-corrected chi connectivity index (χ4v) is 2.67. The number of aliphatic hydroxyl groups is 1. The van der Waals surface area contributed by atoms with Crippen LogP contribution in [0, 0.1) is 0 Å². The summed E-state index contributed by atoms with van der Waals surface area (Å²) >= 11 is 0. The van der Waals surface area contributed by atoms with E-state index in [0.717, 1.165) is 31.9 Å². The van der Waals surface area contributed by atoms with Gasteiger partial charge in [-0.1, -0.05) is 30.3 Å². The van der Waals surface area contributed by atoms with Crippen LogP contribution < -0.4 is 5.32 Å². The molecule has 1 aromatic rings. The zero-order valence-corrected chi connectivity index (χ0v) is 13.8. The van der Waals surface area contributed by atoms with Crippen molar-refractivity contribution in [2.24, 2.45) is 0 Å². The second-order valence-corrected chi connectivity index (χ2v) is 5.81. The van der Waals surface area contributed by atoms with Crippen LogP contribution in [0.5, 0.6) is 0 Å². The fourth-order valence-electron chi connectivity index (χ4n) is 2.67. The predicted octanol–water partition coefficient (Wildman–Crippen LogP) is 0.911. The van der Waals surface area contributed by atoms with Gasteiger partial charge in [-0.3, -0.25) is 4.90 Å². The van der Waals surface area contributed by atoms with Gasteiger partial charge < -0.3 is 20.1 Å². The number of nitrogens with one attached hydrogen (secondary N) is 1. The lowest BCUT2D eigenvalue weighted by atomic mass is 10.2. The molecule has 1 unspecified atom stereocenters. The molecule has 1 fully saturated rings. The molecule has 2 rings (SSSR count). The number of benzene rings is 1. The Morgan fingerprint density at radius 3 is 2.70 bits per heavy atom. The van der Waals surface area contributed by atoms with Crippen LogP contribution in [-0.2, 0) is 11.3 Å². The van der Waals surface area contributed by atoms with Crippen LogP contribution >= 0.6 is 0 Å². The normalized spacial score (nSPS) is 16.8. The summed E-state index contributed by atoms with van der Waals surface area (Å²) < 4.78 is 5.35. The van der Waals surface area contributed by atoms with Crippen molar-refractivity contribution < 1.29 is 14.6 Å². The van der Waals surface area contributed by atoms with Gasteiger partial charge in [-0.15, -0.1) is 0 Å². The van der Waals surface area contributed by atoms with Crippen LogP contribution in [0.4, 0.5) is 4.79 Å². The molecule has 1 aromatic carbocycles. The van der Waals surface area contributed by atoms with Gasteiger partial charge in [-0.25, -0.2) is 4.79 Å². The number of rotatable bonds is 7. The molecule has 1 aliphatic heterocycles. The fraction of sp³-hybridized carbons (Fsp3) is 0.588. The largest absolute Gasteiger partial charge is 0.395 e. The Morgan fingerprint density at radius 1 is 1.35 bits per heavy atom. The third-order valence-corrected chi connectivity index (χ3v) is 4.09. The summed E-state index contributed by atoms with van der Waals surface area (Å²) in [7, 11) is 0.